The second-order valence-electron chi connectivity index (χ2n) is 19.4. The number of imidazole rings is 4. The lowest BCUT2D eigenvalue weighted by molar-refractivity contribution is -0.540. The van der Waals surface area contributed by atoms with E-state index in [4.69, 9.17) is 4.98 Å². The molecule has 7 heteroatoms. The Bertz CT molecular complexity index is 4780. The Morgan fingerprint density at radius 2 is 0.868 bits per heavy atom. The number of nitrogens with one attached hydrogen (secondary N) is 1. The number of H-pyrrole nitrogens is 1. The van der Waals surface area contributed by atoms with Crippen molar-refractivity contribution in [1.82, 2.24) is 23.3 Å². The van der Waals surface area contributed by atoms with Crippen molar-refractivity contribution in [3.8, 4) is 84.2 Å². The van der Waals surface area contributed by atoms with E-state index < -0.39 is 0 Å². The first-order valence-corrected chi connectivity index (χ1v) is 25.6. The molecule has 4 heterocycles. The zero-order valence-electron chi connectivity index (χ0n) is 41.0. The summed E-state index contributed by atoms with van der Waals surface area (Å²) in [7, 11) is 0. The van der Waals surface area contributed by atoms with Crippen molar-refractivity contribution in [2.75, 3.05) is 0 Å². The molecule has 0 bridgehead atoms. The number of benzene rings is 11. The number of rotatable bonds is 8. The molecule has 7 nitrogen and oxygen atoms in total. The van der Waals surface area contributed by atoms with Crippen LogP contribution in [0, 0.1) is 11.3 Å². The van der Waals surface area contributed by atoms with Gasteiger partial charge in [0.05, 0.1) is 27.8 Å². The maximum atomic E-state index is 12.2. The molecule has 0 radical (unpaired) electrons. The van der Waals surface area contributed by atoms with Crippen LogP contribution in [0.4, 0.5) is 0 Å². The molecule has 15 aromatic rings. The van der Waals surface area contributed by atoms with Crippen molar-refractivity contribution in [1.29, 1.82) is 5.26 Å². The number of aromatic amines is 1. The van der Waals surface area contributed by atoms with Crippen molar-refractivity contribution in [3.63, 3.8) is 0 Å². The highest BCUT2D eigenvalue weighted by Crippen LogP contribution is 2.44. The van der Waals surface area contributed by atoms with Gasteiger partial charge < -0.3 is 0 Å². The van der Waals surface area contributed by atoms with E-state index >= 15 is 0 Å². The van der Waals surface area contributed by atoms with E-state index in [1.807, 2.05) is 12.1 Å². The van der Waals surface area contributed by atoms with Crippen LogP contribution in [-0.2, 0) is 0 Å². The second-order valence-corrected chi connectivity index (χ2v) is 19.4. The van der Waals surface area contributed by atoms with Crippen molar-refractivity contribution in [2.24, 2.45) is 0 Å². The number of nitrogens with zero attached hydrogens (tertiary/aromatic N) is 6. The average molecular weight is 971 g/mol. The molecule has 76 heavy (non-hydrogen) atoms. The van der Waals surface area contributed by atoms with Crippen molar-refractivity contribution >= 4 is 55.7 Å². The lowest BCUT2D eigenvalue weighted by Gasteiger charge is -2.20. The molecule has 0 saturated heterocycles. The molecule has 1 N–H and O–H groups in total. The van der Waals surface area contributed by atoms with Gasteiger partial charge in [-0.3, -0.25) is 8.97 Å². The van der Waals surface area contributed by atoms with Gasteiger partial charge in [-0.15, -0.1) is 0 Å². The van der Waals surface area contributed by atoms with Gasteiger partial charge in [-0.25, -0.2) is 9.97 Å². The van der Waals surface area contributed by atoms with Crippen LogP contribution in [0.3, 0.4) is 0 Å². The summed E-state index contributed by atoms with van der Waals surface area (Å²) in [6.45, 7) is 0. The van der Waals surface area contributed by atoms with Gasteiger partial charge in [-0.2, -0.15) is 14.2 Å². The third-order valence-corrected chi connectivity index (χ3v) is 15.1. The number of aromatic nitrogens is 6. The predicted octanol–water partition coefficient (Wildman–Crippen LogP) is 16.5. The van der Waals surface area contributed by atoms with Gasteiger partial charge >= 0.3 is 5.78 Å². The first kappa shape index (κ1) is 43.1. The van der Waals surface area contributed by atoms with Gasteiger partial charge in [0.2, 0.25) is 5.78 Å². The molecule has 0 saturated carbocycles. The van der Waals surface area contributed by atoms with Crippen LogP contribution >= 0.6 is 0 Å². The molecular formula is C69H44N7+. The summed E-state index contributed by atoms with van der Waals surface area (Å²) in [6.07, 6.45) is 0. The number of nitriles is 1. The third-order valence-electron chi connectivity index (χ3n) is 15.1. The lowest BCUT2D eigenvalue weighted by atomic mass is 9.90. The average Bonchev–Trinajstić information content (AvgIpc) is 4.27. The van der Waals surface area contributed by atoms with Crippen LogP contribution in [-0.4, -0.2) is 23.3 Å². The monoisotopic (exact) mass is 970 g/mol. The van der Waals surface area contributed by atoms with Crippen LogP contribution in [0.1, 0.15) is 5.56 Å². The van der Waals surface area contributed by atoms with Gasteiger partial charge in [0.1, 0.15) is 39.4 Å². The van der Waals surface area contributed by atoms with Gasteiger partial charge in [-0.1, -0.05) is 206 Å². The molecule has 0 unspecified atom stereocenters. The fraction of sp³-hybridized carbons (Fsp3) is 0. The zero-order valence-corrected chi connectivity index (χ0v) is 41.0. The van der Waals surface area contributed by atoms with Crippen LogP contribution in [0.15, 0.2) is 261 Å². The first-order chi connectivity index (χ1) is 37.7. The topological polar surface area (TPSA) is 70.1 Å². The predicted molar refractivity (Wildman–Crippen MR) is 309 cm³/mol. The summed E-state index contributed by atoms with van der Waals surface area (Å²) in [5.74, 6) is 1.58. The summed E-state index contributed by atoms with van der Waals surface area (Å²) in [5, 5.41) is 12.2. The molecule has 4 aromatic heterocycles. The maximum absolute atomic E-state index is 12.2. The van der Waals surface area contributed by atoms with E-state index in [9.17, 15) is 5.26 Å². The fourth-order valence-corrected chi connectivity index (χ4v) is 11.6. The SMILES string of the molecule is N#Cc1c(-c2ccccc2)c(-n2c3ccc(-c4ccccc4)cc3n3c4cc(-c5ccccc5)ccc4nc23)cc(-c2ccccc2)c1-[n+]1c2ccc(-c3ccccc3)cc2n2c3cc(-c4ccccc4)ccc3[nH]c21. The Balaban J connectivity index is 1.09. The summed E-state index contributed by atoms with van der Waals surface area (Å²) in [5.41, 5.74) is 22.4. The zero-order chi connectivity index (χ0) is 50.3. The van der Waals surface area contributed by atoms with Crippen LogP contribution in [0.2, 0.25) is 0 Å². The Kier molecular flexibility index (Phi) is 9.81. The van der Waals surface area contributed by atoms with E-state index in [0.717, 1.165) is 134 Å². The summed E-state index contributed by atoms with van der Waals surface area (Å²) in [4.78, 5) is 9.43. The van der Waals surface area contributed by atoms with Crippen molar-refractivity contribution in [2.45, 2.75) is 0 Å². The van der Waals surface area contributed by atoms with Crippen LogP contribution in [0.5, 0.6) is 0 Å². The minimum Gasteiger partial charge on any atom is -0.277 e. The lowest BCUT2D eigenvalue weighted by Crippen LogP contribution is -2.33. The molecule has 11 aromatic carbocycles. The summed E-state index contributed by atoms with van der Waals surface area (Å²) >= 11 is 0. The smallest absolute Gasteiger partial charge is 0.277 e. The van der Waals surface area contributed by atoms with Gasteiger partial charge in [0.25, 0.3) is 0 Å². The quantitative estimate of drug-likeness (QED) is 0.154. The van der Waals surface area contributed by atoms with Crippen molar-refractivity contribution in [3.05, 3.63) is 266 Å². The maximum Gasteiger partial charge on any atom is 0.373 e. The second kappa shape index (κ2) is 17.3. The van der Waals surface area contributed by atoms with Crippen LogP contribution in [0.25, 0.3) is 134 Å². The number of hydrogen-bond donors (Lipinski definition) is 1. The molecule has 354 valence electrons. The molecule has 0 amide bonds. The Morgan fingerprint density at radius 3 is 1.43 bits per heavy atom. The van der Waals surface area contributed by atoms with E-state index in [2.05, 4.69) is 278 Å². The van der Waals surface area contributed by atoms with Gasteiger partial charge in [-0.05, 0) is 110 Å². The van der Waals surface area contributed by atoms with Gasteiger partial charge in [0.15, 0.2) is 0 Å². The minimum absolute atomic E-state index is 0.529. The third kappa shape index (κ3) is 6.75. The van der Waals surface area contributed by atoms with E-state index in [1.54, 1.807) is 0 Å². The summed E-state index contributed by atoms with van der Waals surface area (Å²) in [6, 6.07) is 94.8. The Labute approximate surface area is 437 Å². The highest BCUT2D eigenvalue weighted by atomic mass is 15.2. The standard InChI is InChI=1S/C69H43N7/c70-44-56-66(50-29-17-6-18-30-50)65(73-59-37-33-53(47-23-11-3-12-24-47)41-63(59)74-61-39-51(45-19-7-1-8-20-45)31-35-57(61)71-68(73)74)43-55(49-27-15-5-16-28-49)67(56)76-60-38-34-54(48-25-13-4-14-26-48)42-64(60)75-62-40-52(46-21-9-2-10-22-46)32-36-58(62)72-69(75)76/h1-43H/p+1. The van der Waals surface area contributed by atoms with Gasteiger partial charge in [0, 0.05) is 11.1 Å². The van der Waals surface area contributed by atoms with Crippen LogP contribution < -0.4 is 4.57 Å². The largest absolute Gasteiger partial charge is 0.373 e. The highest BCUT2D eigenvalue weighted by molar-refractivity contribution is 6.00. The molecule has 0 aliphatic heterocycles. The van der Waals surface area contributed by atoms with E-state index in [-0.39, 0.29) is 0 Å². The molecule has 0 fully saturated rings. The van der Waals surface area contributed by atoms with E-state index in [1.165, 1.54) is 0 Å². The molecule has 0 aliphatic rings. The molecule has 0 atom stereocenters. The number of fused-ring (bicyclic) bond motifs is 10. The Hall–Kier alpha value is -10.6. The first-order valence-electron chi connectivity index (χ1n) is 25.6. The molecule has 0 aliphatic carbocycles. The van der Waals surface area contributed by atoms with E-state index in [0.29, 0.717) is 5.56 Å². The highest BCUT2D eigenvalue weighted by Gasteiger charge is 2.33. The summed E-state index contributed by atoms with van der Waals surface area (Å²) < 4.78 is 9.21. The molecule has 0 spiro atoms. The normalized spacial score (nSPS) is 11.7. The fourth-order valence-electron chi connectivity index (χ4n) is 11.6. The minimum atomic E-state index is 0.529. The Morgan fingerprint density at radius 1 is 0.395 bits per heavy atom. The van der Waals surface area contributed by atoms with Crippen molar-refractivity contribution < 1.29 is 4.57 Å². The molecule has 15 rings (SSSR count). The molecular weight excluding hydrogens is 927 g/mol. The number of hydrogen-bond acceptors (Lipinski definition) is 2.